The zero-order chi connectivity index (χ0) is 14.6. The van der Waals surface area contributed by atoms with Gasteiger partial charge in [-0.25, -0.2) is 0 Å². The molecule has 0 aromatic carbocycles. The highest BCUT2D eigenvalue weighted by Crippen LogP contribution is 2.30. The molecule has 0 aromatic rings. The molecule has 19 heavy (non-hydrogen) atoms. The van der Waals surface area contributed by atoms with Crippen LogP contribution in [-0.2, 0) is 4.79 Å². The summed E-state index contributed by atoms with van der Waals surface area (Å²) in [6.07, 6.45) is -1.86. The van der Waals surface area contributed by atoms with E-state index in [2.05, 4.69) is 0 Å². The average molecular weight is 280 g/mol. The van der Waals surface area contributed by atoms with Crippen molar-refractivity contribution >= 4 is 5.91 Å². The molecule has 1 aliphatic rings. The number of rotatable bonds is 4. The fourth-order valence-electron chi connectivity index (χ4n) is 2.59. The van der Waals surface area contributed by atoms with Crippen LogP contribution in [0.25, 0.3) is 0 Å². The third-order valence-corrected chi connectivity index (χ3v) is 3.78. The minimum Gasteiger partial charge on any atom is -0.333 e. The van der Waals surface area contributed by atoms with Crippen molar-refractivity contribution in [2.24, 2.45) is 17.6 Å². The summed E-state index contributed by atoms with van der Waals surface area (Å²) >= 11 is 0. The SMILES string of the molecule is CCCN(CC(F)(F)F)C(=O)C1CCC(C)C(N)C1. The average Bonchev–Trinajstić information content (AvgIpc) is 2.29. The van der Waals surface area contributed by atoms with Gasteiger partial charge in [0.1, 0.15) is 6.54 Å². The summed E-state index contributed by atoms with van der Waals surface area (Å²) in [6.45, 7) is 2.79. The van der Waals surface area contributed by atoms with Crippen molar-refractivity contribution in [1.29, 1.82) is 0 Å². The maximum Gasteiger partial charge on any atom is 0.406 e. The molecule has 1 fully saturated rings. The topological polar surface area (TPSA) is 46.3 Å². The number of amides is 1. The van der Waals surface area contributed by atoms with Crippen molar-refractivity contribution < 1.29 is 18.0 Å². The smallest absolute Gasteiger partial charge is 0.333 e. The molecule has 3 nitrogen and oxygen atoms in total. The van der Waals surface area contributed by atoms with Crippen LogP contribution < -0.4 is 5.73 Å². The second-order valence-electron chi connectivity index (χ2n) is 5.53. The molecule has 3 unspecified atom stereocenters. The second kappa shape index (κ2) is 6.59. The van der Waals surface area contributed by atoms with Crippen molar-refractivity contribution in [1.82, 2.24) is 4.90 Å². The molecule has 1 amide bonds. The van der Waals surface area contributed by atoms with E-state index in [4.69, 9.17) is 5.73 Å². The summed E-state index contributed by atoms with van der Waals surface area (Å²) in [5.41, 5.74) is 5.91. The third-order valence-electron chi connectivity index (χ3n) is 3.78. The zero-order valence-corrected chi connectivity index (χ0v) is 11.5. The molecule has 112 valence electrons. The van der Waals surface area contributed by atoms with Crippen LogP contribution in [0.3, 0.4) is 0 Å². The Labute approximate surface area is 112 Å². The maximum atomic E-state index is 12.5. The van der Waals surface area contributed by atoms with Crippen LogP contribution in [0.4, 0.5) is 13.2 Å². The highest BCUT2D eigenvalue weighted by atomic mass is 19.4. The van der Waals surface area contributed by atoms with Gasteiger partial charge in [0.05, 0.1) is 0 Å². The molecular weight excluding hydrogens is 257 g/mol. The van der Waals surface area contributed by atoms with E-state index >= 15 is 0 Å². The quantitative estimate of drug-likeness (QED) is 0.860. The first kappa shape index (κ1) is 16.3. The number of alkyl halides is 3. The first-order valence-corrected chi connectivity index (χ1v) is 6.85. The molecule has 0 heterocycles. The monoisotopic (exact) mass is 280 g/mol. The van der Waals surface area contributed by atoms with E-state index < -0.39 is 12.7 Å². The Hall–Kier alpha value is -0.780. The summed E-state index contributed by atoms with van der Waals surface area (Å²) in [6, 6.07) is -0.0861. The van der Waals surface area contributed by atoms with Gasteiger partial charge in [-0.15, -0.1) is 0 Å². The Morgan fingerprint density at radius 1 is 1.37 bits per heavy atom. The van der Waals surface area contributed by atoms with Crippen molar-refractivity contribution in [3.63, 3.8) is 0 Å². The van der Waals surface area contributed by atoms with Gasteiger partial charge in [0.2, 0.25) is 5.91 Å². The second-order valence-corrected chi connectivity index (χ2v) is 5.53. The fraction of sp³-hybridized carbons (Fsp3) is 0.923. The van der Waals surface area contributed by atoms with Crippen molar-refractivity contribution in [2.75, 3.05) is 13.1 Å². The number of carbonyl (C=O) groups excluding carboxylic acids is 1. The van der Waals surface area contributed by atoms with E-state index in [0.717, 1.165) is 11.3 Å². The first-order chi connectivity index (χ1) is 8.74. The minimum absolute atomic E-state index is 0.0861. The van der Waals surface area contributed by atoms with Crippen LogP contribution >= 0.6 is 0 Å². The van der Waals surface area contributed by atoms with E-state index in [1.54, 1.807) is 6.92 Å². The molecule has 6 heteroatoms. The largest absolute Gasteiger partial charge is 0.406 e. The van der Waals surface area contributed by atoms with Gasteiger partial charge in [-0.05, 0) is 31.6 Å². The van der Waals surface area contributed by atoms with Gasteiger partial charge < -0.3 is 10.6 Å². The lowest BCUT2D eigenvalue weighted by Crippen LogP contribution is -2.46. The van der Waals surface area contributed by atoms with Crippen LogP contribution in [0.2, 0.25) is 0 Å². The Morgan fingerprint density at radius 3 is 2.47 bits per heavy atom. The summed E-state index contributed by atoms with van der Waals surface area (Å²) < 4.78 is 37.4. The Morgan fingerprint density at radius 2 is 2.00 bits per heavy atom. The molecule has 1 saturated carbocycles. The van der Waals surface area contributed by atoms with Gasteiger partial charge >= 0.3 is 6.18 Å². The van der Waals surface area contributed by atoms with Crippen LogP contribution in [0.5, 0.6) is 0 Å². The van der Waals surface area contributed by atoms with Crippen molar-refractivity contribution in [3.05, 3.63) is 0 Å². The number of nitrogens with zero attached hydrogens (tertiary/aromatic N) is 1. The molecule has 2 N–H and O–H groups in total. The molecule has 3 atom stereocenters. The van der Waals surface area contributed by atoms with Crippen LogP contribution in [0.1, 0.15) is 39.5 Å². The van der Waals surface area contributed by atoms with Crippen LogP contribution in [-0.4, -0.2) is 36.1 Å². The lowest BCUT2D eigenvalue weighted by atomic mass is 9.79. The van der Waals surface area contributed by atoms with Gasteiger partial charge in [-0.3, -0.25) is 4.79 Å². The molecule has 0 saturated heterocycles. The van der Waals surface area contributed by atoms with Gasteiger partial charge in [-0.1, -0.05) is 13.8 Å². The predicted octanol–water partition coefficient (Wildman–Crippen LogP) is 2.55. The number of hydrogen-bond acceptors (Lipinski definition) is 2. The van der Waals surface area contributed by atoms with E-state index in [0.29, 0.717) is 25.2 Å². The standard InChI is InChI=1S/C13H23F3N2O/c1-3-6-18(8-13(14,15)16)12(19)10-5-4-9(2)11(17)7-10/h9-11H,3-8,17H2,1-2H3. The molecule has 0 spiro atoms. The molecule has 0 aromatic heterocycles. The molecular formula is C13H23F3N2O. The Balaban J connectivity index is 2.66. The van der Waals surface area contributed by atoms with E-state index in [1.165, 1.54) is 0 Å². The molecule has 1 aliphatic carbocycles. The summed E-state index contributed by atoms with van der Waals surface area (Å²) in [5.74, 6) is -0.395. The molecule has 0 radical (unpaired) electrons. The molecule has 0 bridgehead atoms. The summed E-state index contributed by atoms with van der Waals surface area (Å²) in [4.78, 5) is 13.1. The van der Waals surface area contributed by atoms with Gasteiger partial charge in [-0.2, -0.15) is 13.2 Å². The predicted molar refractivity (Wildman–Crippen MR) is 67.4 cm³/mol. The zero-order valence-electron chi connectivity index (χ0n) is 11.5. The first-order valence-electron chi connectivity index (χ1n) is 6.85. The fourth-order valence-corrected chi connectivity index (χ4v) is 2.59. The van der Waals surface area contributed by atoms with Gasteiger partial charge in [0.25, 0.3) is 0 Å². The lowest BCUT2D eigenvalue weighted by molar-refractivity contribution is -0.164. The van der Waals surface area contributed by atoms with E-state index in [1.807, 2.05) is 6.92 Å². The molecule has 1 rings (SSSR count). The highest BCUT2D eigenvalue weighted by molar-refractivity contribution is 5.79. The summed E-state index contributed by atoms with van der Waals surface area (Å²) in [5, 5.41) is 0. The Bertz CT molecular complexity index is 307. The lowest BCUT2D eigenvalue weighted by Gasteiger charge is -2.34. The number of carbonyl (C=O) groups is 1. The number of hydrogen-bond donors (Lipinski definition) is 1. The van der Waals surface area contributed by atoms with Crippen molar-refractivity contribution in [2.45, 2.75) is 51.7 Å². The van der Waals surface area contributed by atoms with Crippen molar-refractivity contribution in [3.8, 4) is 0 Å². The minimum atomic E-state index is -4.34. The van der Waals surface area contributed by atoms with Gasteiger partial charge in [0.15, 0.2) is 0 Å². The van der Waals surface area contributed by atoms with Gasteiger partial charge in [0, 0.05) is 18.5 Å². The number of halogens is 3. The van der Waals surface area contributed by atoms with E-state index in [-0.39, 0.29) is 24.4 Å². The highest BCUT2D eigenvalue weighted by Gasteiger charge is 2.37. The van der Waals surface area contributed by atoms with E-state index in [9.17, 15) is 18.0 Å². The van der Waals surface area contributed by atoms with Crippen LogP contribution in [0.15, 0.2) is 0 Å². The van der Waals surface area contributed by atoms with Crippen LogP contribution in [0, 0.1) is 11.8 Å². The normalized spacial score (nSPS) is 28.2. The maximum absolute atomic E-state index is 12.5. The Kier molecular flexibility index (Phi) is 5.64. The number of nitrogens with two attached hydrogens (primary N) is 1. The molecule has 0 aliphatic heterocycles. The third kappa shape index (κ3) is 5.01. The summed E-state index contributed by atoms with van der Waals surface area (Å²) in [7, 11) is 0.